The number of Topliss-reactive ketones (excluding diaryl/α,β-unsaturated/α-hetero) is 1. The molecule has 4 aliphatic carbocycles. The van der Waals surface area contributed by atoms with Crippen molar-refractivity contribution in [1.29, 1.82) is 0 Å². The van der Waals surface area contributed by atoms with Crippen LogP contribution in [0.3, 0.4) is 0 Å². The zero-order valence-corrected chi connectivity index (χ0v) is 79.9. The molecular formula is C105H118N4NiO6P2PdRh2S. The van der Waals surface area contributed by atoms with Gasteiger partial charge in [0, 0.05) is 129 Å². The second-order valence-corrected chi connectivity index (χ2v) is 41.5. The van der Waals surface area contributed by atoms with Crippen molar-refractivity contribution in [3.8, 4) is 33.8 Å². The number of ketones is 2. The number of benzene rings is 9. The van der Waals surface area contributed by atoms with Crippen LogP contribution in [0.1, 0.15) is 214 Å². The van der Waals surface area contributed by atoms with Crippen LogP contribution in [0.25, 0.3) is 43.6 Å². The number of hydrogen-bond acceptors (Lipinski definition) is 10. The zero-order chi connectivity index (χ0) is 82.0. The van der Waals surface area contributed by atoms with Crippen molar-refractivity contribution in [3.05, 3.63) is 306 Å². The fraction of sp³-hybridized carbons (Fsp3) is 0.362. The Hall–Kier alpha value is -7.07. The number of hydrogen-bond donors (Lipinski definition) is 2. The Morgan fingerprint density at radius 1 is 0.508 bits per heavy atom. The molecule has 18 rings (SSSR count). The van der Waals surface area contributed by atoms with Gasteiger partial charge in [0.15, 0.2) is 12.0 Å². The first-order valence-corrected chi connectivity index (χ1v) is 47.6. The zero-order valence-electron chi connectivity index (χ0n) is 71.3. The van der Waals surface area contributed by atoms with Crippen molar-refractivity contribution in [2.45, 2.75) is 194 Å². The van der Waals surface area contributed by atoms with E-state index in [9.17, 15) is 19.8 Å². The first-order valence-electron chi connectivity index (χ1n) is 43.3. The van der Waals surface area contributed by atoms with Crippen LogP contribution in [-0.2, 0) is 110 Å². The third-order valence-electron chi connectivity index (χ3n) is 26.6. The summed E-state index contributed by atoms with van der Waals surface area (Å²) in [6.07, 6.45) is 31.9. The van der Waals surface area contributed by atoms with Gasteiger partial charge >= 0.3 is 0 Å². The normalized spacial score (nSPS) is 16.5. The molecule has 1 unspecified atom stereocenters. The van der Waals surface area contributed by atoms with Crippen LogP contribution in [0.5, 0.6) is 11.5 Å². The molecule has 9 aromatic carbocycles. The molecule has 10 nitrogen and oxygen atoms in total. The van der Waals surface area contributed by atoms with E-state index in [1.54, 1.807) is 29.7 Å². The van der Waals surface area contributed by atoms with Gasteiger partial charge in [-0.2, -0.15) is 11.4 Å². The summed E-state index contributed by atoms with van der Waals surface area (Å²) in [7, 11) is -1.57. The molecule has 5 fully saturated rings. The first-order chi connectivity index (χ1) is 57.3. The standard InChI is InChI=1S/C26H24P2.C21H24NO.C20H21NO3.C19H19NOS.C19H28NO.Ni.Pd.2Rh/c1-5-13-23(14-6-1)27(24-15-7-2-8-16-24)21-22-28(25-17-9-3-10-18-25)26-19-11-4-12-20-26;1-16(21(2)12-5-3-6-13-21)17-9-8-10-18(15-17)20(23)19-11-4-7-14-22-19;1-20(6-8-23-9-7-20)12-14-10-16(15-4-2-3-5-17(15)22)19-18(11-14)24-13-21-19;1-19(9-2-3-10-19)13-7-8-16(21)15(11-13)14-5-4-6-17-18(14)20-12-22-17;1-18(9-3-4-10-18)14-16-8-7-15(20-16)13-17(21)19(2)11-5-6-12-19;;;;/h1-20H,21-22H2;4,7-9,11,14-16H,3,5-6,12-13H2,1-2H3;2-5,10-11,13,22H,6-9,12H2,1H3;4-8,11-12,21H,2-3,9-10H2,1H3;7-8H,3-6,9-14H2,1-2H3;;;;/q;-1;;;-1;;;;/p+2. The van der Waals surface area contributed by atoms with Gasteiger partial charge in [0.05, 0.1) is 58.5 Å². The maximum absolute atomic E-state index is 12.6. The van der Waals surface area contributed by atoms with Crippen molar-refractivity contribution in [2.75, 3.05) is 25.5 Å². The largest absolute Gasteiger partial charge is 0.664 e. The summed E-state index contributed by atoms with van der Waals surface area (Å²) < 4.78 is 12.2. The van der Waals surface area contributed by atoms with Gasteiger partial charge < -0.3 is 29.1 Å². The van der Waals surface area contributed by atoms with Crippen LogP contribution in [0.4, 0.5) is 0 Å². The molecule has 4 saturated carbocycles. The summed E-state index contributed by atoms with van der Waals surface area (Å²) in [6, 6.07) is 87.1. The molecular weight excluding hydrogens is 1880 g/mol. The summed E-state index contributed by atoms with van der Waals surface area (Å²) in [4.78, 5) is 42.8. The number of aromatic nitrogens is 4. The van der Waals surface area contributed by atoms with E-state index in [2.05, 4.69) is 238 Å². The van der Waals surface area contributed by atoms with E-state index in [-0.39, 0.29) is 104 Å². The number of aromatic hydroxyl groups is 2. The van der Waals surface area contributed by atoms with Crippen LogP contribution in [0.15, 0.2) is 265 Å². The number of rotatable bonds is 21. The van der Waals surface area contributed by atoms with E-state index in [0.717, 1.165) is 101 Å². The summed E-state index contributed by atoms with van der Waals surface area (Å²) in [5.41, 5.74) is 16.3. The molecule has 0 amide bonds. The molecule has 1 aliphatic heterocycles. The Balaban J connectivity index is 0.000000159. The Morgan fingerprint density at radius 2 is 1.05 bits per heavy atom. The summed E-state index contributed by atoms with van der Waals surface area (Å²) in [5, 5.41) is 26.7. The first kappa shape index (κ1) is 97.1. The summed E-state index contributed by atoms with van der Waals surface area (Å²) >= 11 is 1.64. The monoisotopic (exact) mass is 1990 g/mol. The fourth-order valence-electron chi connectivity index (χ4n) is 19.0. The van der Waals surface area contributed by atoms with Gasteiger partial charge in [-0.25, -0.2) is 9.97 Å². The van der Waals surface area contributed by atoms with E-state index >= 15 is 0 Å². The Kier molecular flexibility index (Phi) is 36.5. The molecule has 5 heterocycles. The van der Waals surface area contributed by atoms with E-state index in [0.29, 0.717) is 46.0 Å². The van der Waals surface area contributed by atoms with Gasteiger partial charge in [-0.15, -0.1) is 46.7 Å². The van der Waals surface area contributed by atoms with E-state index in [1.807, 2.05) is 60.1 Å². The van der Waals surface area contributed by atoms with Crippen LogP contribution in [0.2, 0.25) is 0 Å². The maximum Gasteiger partial charge on any atom is 0.182 e. The molecule has 1 atom stereocenters. The second kappa shape index (κ2) is 45.9. The molecule has 1 saturated heterocycles. The molecule has 122 heavy (non-hydrogen) atoms. The Morgan fingerprint density at radius 3 is 1.65 bits per heavy atom. The average molecular weight is 2000 g/mol. The van der Waals surface area contributed by atoms with E-state index < -0.39 is 15.8 Å². The van der Waals surface area contributed by atoms with Crippen LogP contribution in [-0.4, -0.2) is 62.3 Å². The third-order valence-corrected chi connectivity index (χ3v) is 33.5. The quantitative estimate of drug-likeness (QED) is 0.0308. The summed E-state index contributed by atoms with van der Waals surface area (Å²) in [6.45, 7) is 15.6. The predicted molar refractivity (Wildman–Crippen MR) is 494 cm³/mol. The van der Waals surface area contributed by atoms with Crippen LogP contribution >= 0.6 is 27.2 Å². The van der Waals surface area contributed by atoms with Gasteiger partial charge in [-0.3, -0.25) is 9.78 Å². The number of oxazole rings is 1. The fourth-order valence-corrected chi connectivity index (χ4v) is 25.9. The smallest absolute Gasteiger partial charge is 0.182 e. The number of carbonyl (C=O) groups excluding carboxylic acids is 2. The number of ether oxygens (including phenoxy) is 1. The molecule has 648 valence electrons. The number of fused-ring (bicyclic) bond motifs is 2. The second-order valence-electron chi connectivity index (χ2n) is 35.4. The maximum atomic E-state index is 12.6. The summed E-state index contributed by atoms with van der Waals surface area (Å²) in [5.74, 6) is 1.40. The molecule has 5 aliphatic rings. The molecule has 17 heteroatoms. The predicted octanol–water partition coefficient (Wildman–Crippen LogP) is 24.4. The molecule has 2 radical (unpaired) electrons. The van der Waals surface area contributed by atoms with Gasteiger partial charge in [0.1, 0.15) is 40.9 Å². The molecule has 2 N–H and O–H groups in total. The van der Waals surface area contributed by atoms with Crippen molar-refractivity contribution in [3.63, 3.8) is 0 Å². The number of thiazole rings is 1. The van der Waals surface area contributed by atoms with Crippen molar-refractivity contribution < 1.29 is 105 Å². The molecule has 4 aromatic heterocycles. The molecule has 13 aromatic rings. The molecule has 0 spiro atoms. The van der Waals surface area contributed by atoms with Gasteiger partial charge in [0.2, 0.25) is 0 Å². The molecule has 0 bridgehead atoms. The van der Waals surface area contributed by atoms with E-state index in [1.165, 1.54) is 159 Å². The minimum Gasteiger partial charge on any atom is -0.664 e. The topological polar surface area (TPSA) is 150 Å². The van der Waals surface area contributed by atoms with Crippen LogP contribution < -0.4 is 26.2 Å². The third kappa shape index (κ3) is 25.0. The minimum absolute atomic E-state index is 0. The van der Waals surface area contributed by atoms with Gasteiger partial charge in [-0.1, -0.05) is 227 Å². The van der Waals surface area contributed by atoms with Crippen LogP contribution in [0, 0.1) is 27.7 Å². The Bertz CT molecular complexity index is 5240. The van der Waals surface area contributed by atoms with E-state index in [4.69, 9.17) is 14.1 Å². The van der Waals surface area contributed by atoms with Crippen molar-refractivity contribution >= 4 is 81.3 Å². The van der Waals surface area contributed by atoms with Gasteiger partial charge in [-0.05, 0) is 213 Å². The van der Waals surface area contributed by atoms with Gasteiger partial charge in [0.25, 0.3) is 0 Å². The SMILES string of the molecule is CC(c1cc[c-]c(C(=O)c2ccccn2)c1)C1(C)CCCCC1.CC1(Cc2cc(-c3ccccc3O)c3ncoc3c2)CCOCC1.CC1(Cc2ccc(CC(=O)C3(C)CCCC3)[n-]2)CCCC1.CC1(c2ccc(O)c(-c3cccc4scnc34)c2)CCCC1.[Ni].[Pd].[Rh].[Rh].c1ccc([PH+](CC[PH+](c2ccccc2)c2ccccc2)c2ccccc2)cc1. The number of pyridine rings is 1. The number of para-hydroxylation sites is 2. The Labute approximate surface area is 780 Å². The number of nitrogens with zero attached hydrogens (tertiary/aromatic N) is 4. The minimum atomic E-state index is -0.783. The average Bonchev–Trinajstić information content (AvgIpc) is 1.53. The number of phenolic OH excluding ortho intramolecular Hbond substituents is 2. The van der Waals surface area contributed by atoms with Crippen molar-refractivity contribution in [2.24, 2.45) is 21.7 Å². The number of carbonyl (C=O) groups is 2. The number of phenols is 2. The van der Waals surface area contributed by atoms with Crippen molar-refractivity contribution in [1.82, 2.24) is 19.9 Å².